The highest BCUT2D eigenvalue weighted by atomic mass is 79.9. The van der Waals surface area contributed by atoms with Crippen LogP contribution in [-0.4, -0.2) is 37.3 Å². The van der Waals surface area contributed by atoms with E-state index in [1.165, 1.54) is 22.7 Å². The first-order chi connectivity index (χ1) is 9.86. The predicted molar refractivity (Wildman–Crippen MR) is 96.0 cm³/mol. The highest BCUT2D eigenvalue weighted by molar-refractivity contribution is 9.10. The zero-order chi connectivity index (χ0) is 15.6. The van der Waals surface area contributed by atoms with Gasteiger partial charge in [0, 0.05) is 35.1 Å². The summed E-state index contributed by atoms with van der Waals surface area (Å²) in [4.78, 5) is 4.25. The Morgan fingerprint density at radius 2 is 1.95 bits per heavy atom. The van der Waals surface area contributed by atoms with Crippen molar-refractivity contribution < 1.29 is 8.42 Å². The molecule has 1 aromatic carbocycles. The van der Waals surface area contributed by atoms with Crippen LogP contribution in [0.3, 0.4) is 0 Å². The molecule has 0 saturated carbocycles. The van der Waals surface area contributed by atoms with E-state index in [1.807, 2.05) is 24.3 Å². The van der Waals surface area contributed by atoms with Crippen LogP contribution in [0.25, 0.3) is 10.6 Å². The van der Waals surface area contributed by atoms with Crippen LogP contribution in [0.5, 0.6) is 0 Å². The zero-order valence-electron chi connectivity index (χ0n) is 12.1. The summed E-state index contributed by atoms with van der Waals surface area (Å²) in [6.07, 6.45) is 0. The maximum Gasteiger partial charge on any atom is 0.261 e. The summed E-state index contributed by atoms with van der Waals surface area (Å²) in [5, 5.41) is 2.30. The van der Waals surface area contributed by atoms with E-state index in [4.69, 9.17) is 5.73 Å². The summed E-state index contributed by atoms with van der Waals surface area (Å²) in [6, 6.07) is 7.31. The van der Waals surface area contributed by atoms with Gasteiger partial charge < -0.3 is 5.73 Å². The third kappa shape index (κ3) is 4.06. The van der Waals surface area contributed by atoms with Crippen LogP contribution < -0.4 is 5.73 Å². The van der Waals surface area contributed by atoms with E-state index >= 15 is 0 Å². The van der Waals surface area contributed by atoms with Crippen molar-refractivity contribution in [2.24, 2.45) is 5.73 Å². The van der Waals surface area contributed by atoms with Crippen LogP contribution in [0.15, 0.2) is 39.1 Å². The van der Waals surface area contributed by atoms with Gasteiger partial charge in [-0.1, -0.05) is 28.1 Å². The van der Waals surface area contributed by atoms with Gasteiger partial charge in [-0.15, -0.1) is 23.7 Å². The van der Waals surface area contributed by atoms with Crippen LogP contribution in [0.4, 0.5) is 0 Å². The monoisotopic (exact) mass is 425 g/mol. The summed E-state index contributed by atoms with van der Waals surface area (Å²) < 4.78 is 27.1. The number of sulfonamides is 1. The van der Waals surface area contributed by atoms with E-state index in [1.54, 1.807) is 12.3 Å². The third-order valence-electron chi connectivity index (χ3n) is 3.18. The lowest BCUT2D eigenvalue weighted by Gasteiger charge is -2.21. The minimum atomic E-state index is -3.60. The number of likely N-dealkylation sites (N-methyl/N-ethyl adjacent to an activating group) is 1. The maximum absolute atomic E-state index is 12.4. The molecule has 0 aliphatic heterocycles. The highest BCUT2D eigenvalue weighted by Crippen LogP contribution is 2.28. The van der Waals surface area contributed by atoms with Crippen molar-refractivity contribution in [1.29, 1.82) is 0 Å². The first-order valence-corrected chi connectivity index (χ1v) is 9.37. The number of hydrogen-bond acceptors (Lipinski definition) is 5. The van der Waals surface area contributed by atoms with Crippen LogP contribution in [0, 0.1) is 0 Å². The number of thiazole rings is 1. The number of hydrogen-bond donors (Lipinski definition) is 1. The van der Waals surface area contributed by atoms with Crippen LogP contribution >= 0.6 is 39.7 Å². The molecule has 0 spiro atoms. The minimum Gasteiger partial charge on any atom is -0.329 e. The molecule has 0 aliphatic carbocycles. The van der Waals surface area contributed by atoms with Crippen molar-refractivity contribution >= 4 is 49.7 Å². The van der Waals surface area contributed by atoms with Gasteiger partial charge in [0.15, 0.2) is 5.03 Å². The van der Waals surface area contributed by atoms with E-state index in [9.17, 15) is 8.42 Å². The molecule has 0 radical (unpaired) electrons. The molecule has 0 saturated heterocycles. The average molecular weight is 427 g/mol. The molecule has 0 aliphatic rings. The van der Waals surface area contributed by atoms with Gasteiger partial charge in [-0.3, -0.25) is 0 Å². The highest BCUT2D eigenvalue weighted by Gasteiger charge is 2.27. The summed E-state index contributed by atoms with van der Waals surface area (Å²) in [6.45, 7) is 2.03. The molecule has 22 heavy (non-hydrogen) atoms. The second kappa shape index (κ2) is 7.85. The first kappa shape index (κ1) is 19.5. The van der Waals surface area contributed by atoms with Crippen molar-refractivity contribution in [1.82, 2.24) is 9.29 Å². The number of nitrogens with two attached hydrogens (primary N) is 1. The fraction of sp³-hybridized carbons (Fsp3) is 0.308. The lowest BCUT2D eigenvalue weighted by atomic mass is 10.2. The normalized spacial score (nSPS) is 13.0. The largest absolute Gasteiger partial charge is 0.329 e. The van der Waals surface area contributed by atoms with Gasteiger partial charge in [-0.05, 0) is 19.1 Å². The Bertz CT molecular complexity index is 719. The van der Waals surface area contributed by atoms with Gasteiger partial charge in [0.2, 0.25) is 0 Å². The Morgan fingerprint density at radius 1 is 1.36 bits per heavy atom. The molecule has 1 unspecified atom stereocenters. The summed E-state index contributed by atoms with van der Waals surface area (Å²) in [5.41, 5.74) is 6.42. The molecule has 2 rings (SSSR count). The SMILES string of the molecule is CC(CN)N(C)S(=O)(=O)c1csc(-c2ccc(Br)cc2)n1.Cl. The third-order valence-corrected chi connectivity index (χ3v) is 6.60. The quantitative estimate of drug-likeness (QED) is 0.797. The van der Waals surface area contributed by atoms with E-state index in [-0.39, 0.29) is 30.0 Å². The van der Waals surface area contributed by atoms with Gasteiger partial charge in [0.05, 0.1) is 0 Å². The Balaban J connectivity index is 0.00000242. The lowest BCUT2D eigenvalue weighted by molar-refractivity contribution is 0.393. The van der Waals surface area contributed by atoms with E-state index < -0.39 is 10.0 Å². The van der Waals surface area contributed by atoms with Gasteiger partial charge in [0.25, 0.3) is 10.0 Å². The Hall–Kier alpha value is -0.510. The molecule has 0 amide bonds. The molecule has 2 N–H and O–H groups in total. The Morgan fingerprint density at radius 3 is 2.50 bits per heavy atom. The predicted octanol–water partition coefficient (Wildman–Crippen LogP) is 2.96. The van der Waals surface area contributed by atoms with Crippen LogP contribution in [-0.2, 0) is 10.0 Å². The van der Waals surface area contributed by atoms with Crippen molar-refractivity contribution in [3.63, 3.8) is 0 Å². The molecule has 2 aromatic rings. The van der Waals surface area contributed by atoms with E-state index in [0.717, 1.165) is 10.0 Å². The fourth-order valence-corrected chi connectivity index (χ4v) is 4.34. The fourth-order valence-electron chi connectivity index (χ4n) is 1.64. The molecule has 122 valence electrons. The number of halogens is 2. The van der Waals surface area contributed by atoms with E-state index in [2.05, 4.69) is 20.9 Å². The molecule has 9 heteroatoms. The van der Waals surface area contributed by atoms with Gasteiger partial charge in [-0.2, -0.15) is 4.31 Å². The van der Waals surface area contributed by atoms with Crippen molar-refractivity contribution in [3.8, 4) is 10.6 Å². The maximum atomic E-state index is 12.4. The van der Waals surface area contributed by atoms with Crippen molar-refractivity contribution in [3.05, 3.63) is 34.1 Å². The summed E-state index contributed by atoms with van der Waals surface area (Å²) in [5.74, 6) is 0. The number of aromatic nitrogens is 1. The summed E-state index contributed by atoms with van der Waals surface area (Å²) >= 11 is 4.68. The first-order valence-electron chi connectivity index (χ1n) is 6.26. The molecular formula is C13H17BrClN3O2S2. The smallest absolute Gasteiger partial charge is 0.261 e. The van der Waals surface area contributed by atoms with Crippen LogP contribution in [0.2, 0.25) is 0 Å². The van der Waals surface area contributed by atoms with Crippen LogP contribution in [0.1, 0.15) is 6.92 Å². The lowest BCUT2D eigenvalue weighted by Crippen LogP contribution is -2.39. The van der Waals surface area contributed by atoms with Gasteiger partial charge in [0.1, 0.15) is 5.01 Å². The minimum absolute atomic E-state index is 0. The van der Waals surface area contributed by atoms with Crippen molar-refractivity contribution in [2.75, 3.05) is 13.6 Å². The summed E-state index contributed by atoms with van der Waals surface area (Å²) in [7, 11) is -2.08. The number of rotatable bonds is 5. The molecule has 5 nitrogen and oxygen atoms in total. The molecule has 0 bridgehead atoms. The second-order valence-corrected chi connectivity index (χ2v) is 8.32. The molecular weight excluding hydrogens is 410 g/mol. The number of nitrogens with zero attached hydrogens (tertiary/aromatic N) is 2. The van der Waals surface area contributed by atoms with Crippen molar-refractivity contribution in [2.45, 2.75) is 18.0 Å². The van der Waals surface area contributed by atoms with Gasteiger partial charge in [-0.25, -0.2) is 13.4 Å². The Labute approximate surface area is 149 Å². The molecule has 1 heterocycles. The zero-order valence-corrected chi connectivity index (χ0v) is 16.1. The molecule has 1 atom stereocenters. The van der Waals surface area contributed by atoms with Gasteiger partial charge >= 0.3 is 0 Å². The average Bonchev–Trinajstić information content (AvgIpc) is 2.97. The Kier molecular flexibility index (Phi) is 6.97. The number of benzene rings is 1. The second-order valence-electron chi connectivity index (χ2n) is 4.60. The topological polar surface area (TPSA) is 76.3 Å². The molecule has 0 fully saturated rings. The standard InChI is InChI=1S/C13H16BrN3O2S2.ClH/c1-9(7-15)17(2)21(18,19)12-8-20-13(16-12)10-3-5-11(14)6-4-10;/h3-6,8-9H,7,15H2,1-2H3;1H. The van der Waals surface area contributed by atoms with E-state index in [0.29, 0.717) is 5.01 Å². The molecule has 1 aromatic heterocycles.